The van der Waals surface area contributed by atoms with Crippen molar-refractivity contribution in [3.05, 3.63) is 0 Å². The number of amides is 1. The molecule has 0 N–H and O–H groups in total. The van der Waals surface area contributed by atoms with E-state index in [1.54, 1.807) is 0 Å². The third-order valence-corrected chi connectivity index (χ3v) is 2.00. The van der Waals surface area contributed by atoms with Crippen molar-refractivity contribution in [2.75, 3.05) is 13.1 Å². The van der Waals surface area contributed by atoms with E-state index < -0.39 is 9.70 Å². The highest BCUT2D eigenvalue weighted by Gasteiger charge is 2.34. The van der Waals surface area contributed by atoms with E-state index in [4.69, 9.17) is 45.3 Å². The SMILES string of the molecule is N#CCCN(CCC#N)C(=O)C(Cl)(Cl)Cl. The molecule has 0 heterocycles. The lowest BCUT2D eigenvalue weighted by molar-refractivity contribution is -0.130. The molecular weight excluding hydrogens is 260 g/mol. The Morgan fingerprint density at radius 2 is 1.53 bits per heavy atom. The third kappa shape index (κ3) is 5.69. The Morgan fingerprint density at radius 1 is 1.13 bits per heavy atom. The molecule has 0 fully saturated rings. The summed E-state index contributed by atoms with van der Waals surface area (Å²) in [7, 11) is 0. The van der Waals surface area contributed by atoms with E-state index in [0.29, 0.717) is 0 Å². The average Bonchev–Trinajstić information content (AvgIpc) is 2.16. The molecular formula is C8H8Cl3N3O. The number of hydrogen-bond donors (Lipinski definition) is 0. The fraction of sp³-hybridized carbons (Fsp3) is 0.625. The first kappa shape index (κ1) is 14.3. The van der Waals surface area contributed by atoms with Crippen LogP contribution in [0.3, 0.4) is 0 Å². The summed E-state index contributed by atoms with van der Waals surface area (Å²) in [6.07, 6.45) is 0.274. The van der Waals surface area contributed by atoms with Crippen molar-refractivity contribution in [3.63, 3.8) is 0 Å². The van der Waals surface area contributed by atoms with Crippen LogP contribution in [-0.4, -0.2) is 27.7 Å². The molecule has 0 radical (unpaired) electrons. The first-order valence-corrected chi connectivity index (χ1v) is 5.17. The summed E-state index contributed by atoms with van der Waals surface area (Å²) >= 11 is 16.2. The van der Waals surface area contributed by atoms with Gasteiger partial charge in [0.1, 0.15) is 0 Å². The summed E-state index contributed by atoms with van der Waals surface area (Å²) in [5.74, 6) is -0.710. The van der Waals surface area contributed by atoms with Gasteiger partial charge in [0.2, 0.25) is 0 Å². The van der Waals surface area contributed by atoms with E-state index in [1.165, 1.54) is 4.90 Å². The second-order valence-electron chi connectivity index (χ2n) is 2.61. The number of halogens is 3. The maximum absolute atomic E-state index is 11.5. The molecule has 0 aromatic heterocycles. The summed E-state index contributed by atoms with van der Waals surface area (Å²) in [5.41, 5.74) is 0. The minimum absolute atomic E-state index is 0.137. The van der Waals surface area contributed by atoms with Gasteiger partial charge in [-0.25, -0.2) is 0 Å². The molecule has 0 aliphatic carbocycles. The topological polar surface area (TPSA) is 67.9 Å². The standard InChI is InChI=1S/C8H8Cl3N3O/c9-8(10,11)7(15)14(5-1-3-12)6-2-4-13/h1-2,5-6H2. The van der Waals surface area contributed by atoms with Gasteiger partial charge in [0.05, 0.1) is 25.0 Å². The zero-order chi connectivity index (χ0) is 11.9. The first-order valence-electron chi connectivity index (χ1n) is 4.03. The molecule has 0 aromatic rings. The van der Waals surface area contributed by atoms with Gasteiger partial charge in [-0.1, -0.05) is 34.8 Å². The van der Waals surface area contributed by atoms with E-state index in [2.05, 4.69) is 0 Å². The van der Waals surface area contributed by atoms with Crippen LogP contribution < -0.4 is 0 Å². The molecule has 0 aliphatic heterocycles. The quantitative estimate of drug-likeness (QED) is 0.733. The average molecular weight is 269 g/mol. The highest BCUT2D eigenvalue weighted by molar-refractivity contribution is 6.76. The van der Waals surface area contributed by atoms with Crippen LogP contribution in [0.5, 0.6) is 0 Å². The van der Waals surface area contributed by atoms with Crippen molar-refractivity contribution >= 4 is 40.7 Å². The van der Waals surface area contributed by atoms with Crippen molar-refractivity contribution in [1.82, 2.24) is 4.90 Å². The van der Waals surface area contributed by atoms with E-state index >= 15 is 0 Å². The monoisotopic (exact) mass is 267 g/mol. The van der Waals surface area contributed by atoms with Crippen molar-refractivity contribution in [3.8, 4) is 12.1 Å². The number of rotatable bonds is 4. The van der Waals surface area contributed by atoms with Gasteiger partial charge in [0.25, 0.3) is 9.70 Å². The lowest BCUT2D eigenvalue weighted by Crippen LogP contribution is -2.40. The predicted octanol–water partition coefficient (Wildman–Crippen LogP) is 2.01. The predicted molar refractivity (Wildman–Crippen MR) is 57.3 cm³/mol. The largest absolute Gasteiger partial charge is 0.337 e. The van der Waals surface area contributed by atoms with Crippen LogP contribution in [0.4, 0.5) is 0 Å². The number of carbonyl (C=O) groups is 1. The number of carbonyl (C=O) groups excluding carboxylic acids is 1. The van der Waals surface area contributed by atoms with E-state index in [1.807, 2.05) is 12.1 Å². The molecule has 82 valence electrons. The number of hydrogen-bond acceptors (Lipinski definition) is 3. The van der Waals surface area contributed by atoms with Gasteiger partial charge >= 0.3 is 0 Å². The van der Waals surface area contributed by atoms with Crippen LogP contribution in [0.1, 0.15) is 12.8 Å². The van der Waals surface area contributed by atoms with E-state index in [0.717, 1.165) is 0 Å². The summed E-state index contributed by atoms with van der Waals surface area (Å²) in [6, 6.07) is 3.75. The summed E-state index contributed by atoms with van der Waals surface area (Å²) in [5, 5.41) is 16.7. The minimum atomic E-state index is -2.04. The second-order valence-corrected chi connectivity index (χ2v) is 4.89. The van der Waals surface area contributed by atoms with Crippen LogP contribution in [0, 0.1) is 22.7 Å². The molecule has 15 heavy (non-hydrogen) atoms. The number of nitrogens with zero attached hydrogens (tertiary/aromatic N) is 3. The Bertz CT molecular complexity index is 282. The van der Waals surface area contributed by atoms with Crippen molar-refractivity contribution in [1.29, 1.82) is 10.5 Å². The van der Waals surface area contributed by atoms with Crippen molar-refractivity contribution in [2.24, 2.45) is 0 Å². The fourth-order valence-electron chi connectivity index (χ4n) is 0.864. The summed E-state index contributed by atoms with van der Waals surface area (Å²) in [4.78, 5) is 12.7. The van der Waals surface area contributed by atoms with Crippen LogP contribution in [-0.2, 0) is 4.79 Å². The lowest BCUT2D eigenvalue weighted by atomic mass is 10.3. The Balaban J connectivity index is 4.43. The van der Waals surface area contributed by atoms with Gasteiger partial charge in [-0.15, -0.1) is 0 Å². The molecule has 0 saturated carbocycles. The first-order chi connectivity index (χ1) is 6.93. The summed E-state index contributed by atoms with van der Waals surface area (Å²) in [6.45, 7) is 0.315. The highest BCUT2D eigenvalue weighted by Crippen LogP contribution is 2.28. The zero-order valence-electron chi connectivity index (χ0n) is 7.71. The second kappa shape index (κ2) is 6.74. The van der Waals surface area contributed by atoms with Gasteiger partial charge in [-0.05, 0) is 0 Å². The van der Waals surface area contributed by atoms with Crippen LogP contribution in [0.15, 0.2) is 0 Å². The van der Waals surface area contributed by atoms with Crippen molar-refractivity contribution in [2.45, 2.75) is 16.6 Å². The molecule has 0 saturated heterocycles. The highest BCUT2D eigenvalue weighted by atomic mass is 35.6. The summed E-state index contributed by atoms with van der Waals surface area (Å²) < 4.78 is -2.04. The number of alkyl halides is 3. The molecule has 1 amide bonds. The Kier molecular flexibility index (Phi) is 6.43. The van der Waals surface area contributed by atoms with Gasteiger partial charge < -0.3 is 4.90 Å². The molecule has 0 bridgehead atoms. The minimum Gasteiger partial charge on any atom is -0.337 e. The smallest absolute Gasteiger partial charge is 0.274 e. The Hall–Kier alpha value is -0.680. The molecule has 0 aromatic carbocycles. The van der Waals surface area contributed by atoms with Crippen LogP contribution >= 0.6 is 34.8 Å². The van der Waals surface area contributed by atoms with Gasteiger partial charge in [-0.3, -0.25) is 4.79 Å². The third-order valence-electron chi connectivity index (χ3n) is 1.52. The van der Waals surface area contributed by atoms with Gasteiger partial charge in [0, 0.05) is 13.1 Å². The fourth-order valence-corrected chi connectivity index (χ4v) is 1.22. The van der Waals surface area contributed by atoms with Gasteiger partial charge in [0.15, 0.2) is 0 Å². The maximum Gasteiger partial charge on any atom is 0.274 e. The van der Waals surface area contributed by atoms with E-state index in [9.17, 15) is 4.79 Å². The van der Waals surface area contributed by atoms with Crippen LogP contribution in [0.25, 0.3) is 0 Å². The number of nitriles is 2. The molecule has 0 unspecified atom stereocenters. The van der Waals surface area contributed by atoms with E-state index in [-0.39, 0.29) is 25.9 Å². The van der Waals surface area contributed by atoms with Crippen molar-refractivity contribution < 1.29 is 4.79 Å². The molecule has 0 spiro atoms. The molecule has 7 heteroatoms. The van der Waals surface area contributed by atoms with Gasteiger partial charge in [-0.2, -0.15) is 10.5 Å². The Morgan fingerprint density at radius 3 is 1.80 bits per heavy atom. The molecule has 4 nitrogen and oxygen atoms in total. The van der Waals surface area contributed by atoms with Crippen LogP contribution in [0.2, 0.25) is 0 Å². The normalized spacial score (nSPS) is 10.2. The Labute approximate surface area is 103 Å². The maximum atomic E-state index is 11.5. The molecule has 0 atom stereocenters. The molecule has 0 rings (SSSR count). The molecule has 0 aliphatic rings. The lowest BCUT2D eigenvalue weighted by Gasteiger charge is -2.23. The zero-order valence-corrected chi connectivity index (χ0v) is 9.98.